The third-order valence-corrected chi connectivity index (χ3v) is 4.99. The molecule has 1 heterocycles. The Morgan fingerprint density at radius 3 is 2.35 bits per heavy atom. The van der Waals surface area contributed by atoms with Gasteiger partial charge in [-0.15, -0.1) is 0 Å². The Kier molecular flexibility index (Phi) is 7.24. The van der Waals surface area contributed by atoms with E-state index in [-0.39, 0.29) is 0 Å². The van der Waals surface area contributed by atoms with Crippen LogP contribution in [-0.2, 0) is 0 Å². The van der Waals surface area contributed by atoms with E-state index in [1.54, 1.807) is 12.3 Å². The van der Waals surface area contributed by atoms with Crippen molar-refractivity contribution in [3.63, 3.8) is 0 Å². The summed E-state index contributed by atoms with van der Waals surface area (Å²) >= 11 is 0. The predicted molar refractivity (Wildman–Crippen MR) is 92.4 cm³/mol. The number of nitrogens with zero attached hydrogens (tertiary/aromatic N) is 1. The third-order valence-electron chi connectivity index (χ3n) is 2.54. The summed E-state index contributed by atoms with van der Waals surface area (Å²) in [4.78, 5) is 4.24. The van der Waals surface area contributed by atoms with Gasteiger partial charge in [0.25, 0.3) is 0 Å². The zero-order valence-corrected chi connectivity index (χ0v) is 12.8. The fraction of sp³-hybridized carbons (Fsp3) is 0.0556. The van der Waals surface area contributed by atoms with Crippen molar-refractivity contribution in [3.8, 4) is 0 Å². The van der Waals surface area contributed by atoms with Gasteiger partial charge in [-0.2, -0.15) is 0 Å². The second-order valence-corrected chi connectivity index (χ2v) is 6.13. The first kappa shape index (κ1) is 16.1. The fourth-order valence-electron chi connectivity index (χ4n) is 1.78. The lowest BCUT2D eigenvalue weighted by atomic mass is 10.4. The molecule has 1 atom stereocenters. The van der Waals surface area contributed by atoms with Crippen LogP contribution < -0.4 is 5.30 Å². The van der Waals surface area contributed by atoms with E-state index in [1.807, 2.05) is 49.6 Å². The van der Waals surface area contributed by atoms with Crippen LogP contribution in [0.2, 0.25) is 0 Å². The number of hydrogen-bond donors (Lipinski definition) is 0. The maximum absolute atomic E-state index is 4.24. The average molecular weight is 281 g/mol. The second-order valence-electron chi connectivity index (χ2n) is 3.91. The molecule has 20 heavy (non-hydrogen) atoms. The van der Waals surface area contributed by atoms with Crippen LogP contribution in [0.4, 0.5) is 0 Å². The smallest absolute Gasteiger partial charge is 0.0351 e. The lowest BCUT2D eigenvalue weighted by Gasteiger charge is -2.20. The van der Waals surface area contributed by atoms with Gasteiger partial charge >= 0.3 is 0 Å². The van der Waals surface area contributed by atoms with Gasteiger partial charge in [-0.3, -0.25) is 4.98 Å². The molecule has 0 amide bonds. The lowest BCUT2D eigenvalue weighted by molar-refractivity contribution is 1.35. The van der Waals surface area contributed by atoms with Crippen molar-refractivity contribution in [2.24, 2.45) is 0 Å². The monoisotopic (exact) mass is 281 g/mol. The summed E-state index contributed by atoms with van der Waals surface area (Å²) in [5.41, 5.74) is 0. The van der Waals surface area contributed by atoms with Crippen molar-refractivity contribution in [1.29, 1.82) is 0 Å². The standard InChI is InChI=1S/C18H20NP/c1-5-10-16(8-4)20(17(11-6-2)12-7-3)18-13-9-14-19-15-18/h5-15H,1-2,4H2,3H3/b12-7-,16-10+,17-11+. The first-order chi connectivity index (χ1) is 9.78. The Hall–Kier alpha value is -1.98. The quantitative estimate of drug-likeness (QED) is 0.501. The molecule has 0 N–H and O–H groups in total. The van der Waals surface area contributed by atoms with Gasteiger partial charge in [0.05, 0.1) is 0 Å². The zero-order valence-electron chi connectivity index (χ0n) is 11.9. The largest absolute Gasteiger partial charge is 0.264 e. The summed E-state index contributed by atoms with van der Waals surface area (Å²) in [6.45, 7) is 13.5. The van der Waals surface area contributed by atoms with Crippen LogP contribution in [0, 0.1) is 0 Å². The summed E-state index contributed by atoms with van der Waals surface area (Å²) < 4.78 is 0. The molecule has 0 saturated carbocycles. The molecule has 0 aromatic carbocycles. The zero-order chi connectivity index (χ0) is 14.8. The Bertz CT molecular complexity index is 550. The summed E-state index contributed by atoms with van der Waals surface area (Å²) in [6.07, 6.45) is 17.4. The van der Waals surface area contributed by atoms with E-state index in [0.717, 1.165) is 5.31 Å². The molecule has 0 spiro atoms. The minimum Gasteiger partial charge on any atom is -0.264 e. The molecule has 1 aromatic heterocycles. The molecule has 1 aromatic rings. The number of aromatic nitrogens is 1. The molecule has 0 aliphatic rings. The molecule has 0 aliphatic carbocycles. The van der Waals surface area contributed by atoms with Gasteiger partial charge in [0, 0.05) is 17.7 Å². The van der Waals surface area contributed by atoms with Crippen LogP contribution in [0.5, 0.6) is 0 Å². The predicted octanol–water partition coefficient (Wildman–Crippen LogP) is 5.09. The molecule has 2 heteroatoms. The number of allylic oxidation sites excluding steroid dienone is 9. The third kappa shape index (κ3) is 4.29. The van der Waals surface area contributed by atoms with Gasteiger partial charge in [-0.1, -0.05) is 68.3 Å². The van der Waals surface area contributed by atoms with E-state index in [9.17, 15) is 0 Å². The van der Waals surface area contributed by atoms with Gasteiger partial charge in [0.1, 0.15) is 0 Å². The van der Waals surface area contributed by atoms with E-state index in [2.05, 4.69) is 36.9 Å². The molecule has 0 fully saturated rings. The Labute approximate surface area is 123 Å². The number of hydrogen-bond acceptors (Lipinski definition) is 1. The van der Waals surface area contributed by atoms with Crippen LogP contribution in [0.15, 0.2) is 97.4 Å². The van der Waals surface area contributed by atoms with Gasteiger partial charge < -0.3 is 0 Å². The van der Waals surface area contributed by atoms with E-state index in [4.69, 9.17) is 0 Å². The molecule has 1 unspecified atom stereocenters. The highest BCUT2D eigenvalue weighted by Gasteiger charge is 2.17. The minimum atomic E-state index is -0.688. The van der Waals surface area contributed by atoms with Crippen molar-refractivity contribution in [3.05, 3.63) is 97.4 Å². The van der Waals surface area contributed by atoms with Gasteiger partial charge in [-0.05, 0) is 31.5 Å². The van der Waals surface area contributed by atoms with Gasteiger partial charge in [-0.25, -0.2) is 0 Å². The van der Waals surface area contributed by atoms with Crippen molar-refractivity contribution >= 4 is 13.2 Å². The highest BCUT2D eigenvalue weighted by atomic mass is 31.1. The van der Waals surface area contributed by atoms with Gasteiger partial charge in [0.2, 0.25) is 0 Å². The Balaban J connectivity index is 3.44. The van der Waals surface area contributed by atoms with E-state index < -0.39 is 7.92 Å². The number of pyridine rings is 1. The molecular formula is C18H20NP. The van der Waals surface area contributed by atoms with Crippen LogP contribution in [0.1, 0.15) is 6.92 Å². The van der Waals surface area contributed by atoms with E-state index >= 15 is 0 Å². The SMILES string of the molecule is C=C/C=C(\C=C)P(C(/C=C\C)=C/C=C)c1cccnc1. The molecule has 1 rings (SSSR count). The van der Waals surface area contributed by atoms with Crippen LogP contribution in [0.25, 0.3) is 0 Å². The summed E-state index contributed by atoms with van der Waals surface area (Å²) in [5.74, 6) is 0. The summed E-state index contributed by atoms with van der Waals surface area (Å²) in [6, 6.07) is 4.06. The van der Waals surface area contributed by atoms with Crippen molar-refractivity contribution in [1.82, 2.24) is 4.98 Å². The van der Waals surface area contributed by atoms with Crippen LogP contribution >= 0.6 is 7.92 Å². The van der Waals surface area contributed by atoms with Gasteiger partial charge in [0.15, 0.2) is 0 Å². The topological polar surface area (TPSA) is 12.9 Å². The highest BCUT2D eigenvalue weighted by Crippen LogP contribution is 2.52. The van der Waals surface area contributed by atoms with E-state index in [1.165, 1.54) is 10.6 Å². The second kappa shape index (κ2) is 9.01. The van der Waals surface area contributed by atoms with Crippen molar-refractivity contribution in [2.45, 2.75) is 6.92 Å². The Morgan fingerprint density at radius 1 is 1.15 bits per heavy atom. The first-order valence-corrected chi connectivity index (χ1v) is 7.73. The van der Waals surface area contributed by atoms with E-state index in [0.29, 0.717) is 0 Å². The molecule has 0 saturated heterocycles. The van der Waals surface area contributed by atoms with Crippen LogP contribution in [0.3, 0.4) is 0 Å². The number of rotatable bonds is 7. The Morgan fingerprint density at radius 2 is 1.85 bits per heavy atom. The maximum atomic E-state index is 4.24. The molecule has 0 bridgehead atoms. The molecule has 0 radical (unpaired) electrons. The first-order valence-electron chi connectivity index (χ1n) is 6.39. The minimum absolute atomic E-state index is 0.688. The fourth-order valence-corrected chi connectivity index (χ4v) is 4.09. The lowest BCUT2D eigenvalue weighted by Crippen LogP contribution is -2.03. The molecule has 1 nitrogen and oxygen atoms in total. The summed E-state index contributed by atoms with van der Waals surface area (Å²) in [7, 11) is -0.688. The molecule has 102 valence electrons. The van der Waals surface area contributed by atoms with Crippen LogP contribution in [-0.4, -0.2) is 4.98 Å². The average Bonchev–Trinajstić information content (AvgIpc) is 2.48. The maximum Gasteiger partial charge on any atom is 0.0351 e. The summed E-state index contributed by atoms with van der Waals surface area (Å²) in [5, 5.41) is 3.54. The highest BCUT2D eigenvalue weighted by molar-refractivity contribution is 7.74. The van der Waals surface area contributed by atoms with Crippen molar-refractivity contribution < 1.29 is 0 Å². The van der Waals surface area contributed by atoms with Crippen molar-refractivity contribution in [2.75, 3.05) is 0 Å². The molecule has 0 aliphatic heterocycles. The normalized spacial score (nSPS) is 14.1. The molecular weight excluding hydrogens is 261 g/mol.